The minimum absolute atomic E-state index is 0.564. The highest BCUT2D eigenvalue weighted by molar-refractivity contribution is 5.80. The van der Waals surface area contributed by atoms with Crippen LogP contribution in [0.3, 0.4) is 0 Å². The maximum absolute atomic E-state index is 5.68. The number of nitrogens with zero attached hydrogens (tertiary/aromatic N) is 3. The standard InChI is InChI=1S/C20H34N4O2/c1-21-20(24-9-8-19(15-24)16-26-11-10-25-4)22-13-17-6-5-7-18(12-17)14-23(2)3/h5-7,12,19H,8-11,13-16H2,1-4H3,(H,21,22). The predicted octanol–water partition coefficient (Wildman–Crippen LogP) is 1.81. The fourth-order valence-corrected chi connectivity index (χ4v) is 3.27. The third-order valence-electron chi connectivity index (χ3n) is 4.52. The van der Waals surface area contributed by atoms with E-state index in [0.29, 0.717) is 19.1 Å². The van der Waals surface area contributed by atoms with Gasteiger partial charge in [-0.2, -0.15) is 0 Å². The zero-order valence-corrected chi connectivity index (χ0v) is 16.7. The predicted molar refractivity (Wildman–Crippen MR) is 106 cm³/mol. The molecule has 2 rings (SSSR count). The Morgan fingerprint density at radius 2 is 2.12 bits per heavy atom. The molecule has 26 heavy (non-hydrogen) atoms. The highest BCUT2D eigenvalue weighted by atomic mass is 16.5. The Balaban J connectivity index is 1.79. The molecule has 0 saturated carbocycles. The van der Waals surface area contributed by atoms with E-state index in [1.165, 1.54) is 11.1 Å². The Bertz CT molecular complexity index is 562. The van der Waals surface area contributed by atoms with Crippen molar-refractivity contribution in [1.29, 1.82) is 0 Å². The van der Waals surface area contributed by atoms with E-state index >= 15 is 0 Å². The number of guanidine groups is 1. The third-order valence-corrected chi connectivity index (χ3v) is 4.52. The Kier molecular flexibility index (Phi) is 8.88. The van der Waals surface area contributed by atoms with Crippen molar-refractivity contribution in [3.63, 3.8) is 0 Å². The maximum atomic E-state index is 5.68. The molecule has 6 heteroatoms. The van der Waals surface area contributed by atoms with Gasteiger partial charge in [-0.25, -0.2) is 0 Å². The van der Waals surface area contributed by atoms with E-state index in [4.69, 9.17) is 9.47 Å². The normalized spacial score (nSPS) is 18.0. The molecule has 1 N–H and O–H groups in total. The van der Waals surface area contributed by atoms with Crippen molar-refractivity contribution in [2.75, 3.05) is 61.2 Å². The lowest BCUT2D eigenvalue weighted by molar-refractivity contribution is 0.0536. The van der Waals surface area contributed by atoms with Crippen LogP contribution >= 0.6 is 0 Å². The first-order valence-corrected chi connectivity index (χ1v) is 9.37. The van der Waals surface area contributed by atoms with Crippen molar-refractivity contribution in [2.24, 2.45) is 10.9 Å². The average Bonchev–Trinajstić information content (AvgIpc) is 3.08. The summed E-state index contributed by atoms with van der Waals surface area (Å²) in [6, 6.07) is 8.72. The Hall–Kier alpha value is -1.63. The lowest BCUT2D eigenvalue weighted by Crippen LogP contribution is -2.39. The van der Waals surface area contributed by atoms with E-state index in [1.807, 2.05) is 7.05 Å². The number of hydrogen-bond acceptors (Lipinski definition) is 4. The highest BCUT2D eigenvalue weighted by Crippen LogP contribution is 2.17. The summed E-state index contributed by atoms with van der Waals surface area (Å²) in [5.41, 5.74) is 2.61. The first kappa shape index (κ1) is 20.7. The Morgan fingerprint density at radius 3 is 2.85 bits per heavy atom. The van der Waals surface area contributed by atoms with Crippen LogP contribution in [-0.2, 0) is 22.6 Å². The third kappa shape index (κ3) is 6.94. The lowest BCUT2D eigenvalue weighted by Gasteiger charge is -2.22. The molecule has 1 saturated heterocycles. The Labute approximate surface area is 158 Å². The van der Waals surface area contributed by atoms with Gasteiger partial charge in [0.2, 0.25) is 0 Å². The minimum Gasteiger partial charge on any atom is -0.382 e. The molecular weight excluding hydrogens is 328 g/mol. The van der Waals surface area contributed by atoms with Crippen LogP contribution in [0.5, 0.6) is 0 Å². The van der Waals surface area contributed by atoms with E-state index in [1.54, 1.807) is 7.11 Å². The monoisotopic (exact) mass is 362 g/mol. The van der Waals surface area contributed by atoms with Crippen LogP contribution in [0.2, 0.25) is 0 Å². The number of ether oxygens (including phenoxy) is 2. The quantitative estimate of drug-likeness (QED) is 0.412. The van der Waals surface area contributed by atoms with Gasteiger partial charge in [-0.3, -0.25) is 4.99 Å². The maximum Gasteiger partial charge on any atom is 0.193 e. The molecule has 1 aromatic carbocycles. The van der Waals surface area contributed by atoms with Gasteiger partial charge >= 0.3 is 0 Å². The first-order chi connectivity index (χ1) is 12.6. The summed E-state index contributed by atoms with van der Waals surface area (Å²) in [5.74, 6) is 1.54. The summed E-state index contributed by atoms with van der Waals surface area (Å²) in [6.45, 7) is 5.89. The van der Waals surface area contributed by atoms with Gasteiger partial charge in [-0.1, -0.05) is 24.3 Å². The number of benzene rings is 1. The molecule has 1 aliphatic rings. The van der Waals surface area contributed by atoms with Crippen molar-refractivity contribution < 1.29 is 9.47 Å². The highest BCUT2D eigenvalue weighted by Gasteiger charge is 2.24. The summed E-state index contributed by atoms with van der Waals surface area (Å²) in [7, 11) is 7.74. The van der Waals surface area contributed by atoms with Crippen LogP contribution < -0.4 is 5.32 Å². The van der Waals surface area contributed by atoms with Gasteiger partial charge < -0.3 is 24.6 Å². The van der Waals surface area contributed by atoms with Crippen LogP contribution in [0.4, 0.5) is 0 Å². The summed E-state index contributed by atoms with van der Waals surface area (Å²) in [6.07, 6.45) is 1.14. The molecular formula is C20H34N4O2. The summed E-state index contributed by atoms with van der Waals surface area (Å²) < 4.78 is 10.7. The molecule has 1 heterocycles. The van der Waals surface area contributed by atoms with Crippen molar-refractivity contribution in [1.82, 2.24) is 15.1 Å². The number of likely N-dealkylation sites (tertiary alicyclic amines) is 1. The molecule has 1 fully saturated rings. The van der Waals surface area contributed by atoms with Gasteiger partial charge in [-0.15, -0.1) is 0 Å². The van der Waals surface area contributed by atoms with Gasteiger partial charge in [-0.05, 0) is 31.6 Å². The fourth-order valence-electron chi connectivity index (χ4n) is 3.27. The molecule has 1 aromatic rings. The molecule has 6 nitrogen and oxygen atoms in total. The van der Waals surface area contributed by atoms with Crippen LogP contribution in [-0.4, -0.2) is 76.9 Å². The SMILES string of the molecule is CN=C(NCc1cccc(CN(C)C)c1)N1CCC(COCCOC)C1. The van der Waals surface area contributed by atoms with Gasteiger partial charge in [0, 0.05) is 46.3 Å². The number of aliphatic imine (C=N–C) groups is 1. The summed E-state index contributed by atoms with van der Waals surface area (Å²) in [5, 5.41) is 3.51. The van der Waals surface area contributed by atoms with Crippen LogP contribution in [0.1, 0.15) is 17.5 Å². The molecule has 0 aromatic heterocycles. The van der Waals surface area contributed by atoms with E-state index in [2.05, 4.69) is 58.5 Å². The van der Waals surface area contributed by atoms with Crippen molar-refractivity contribution in [2.45, 2.75) is 19.5 Å². The molecule has 0 spiro atoms. The molecule has 0 amide bonds. The van der Waals surface area contributed by atoms with Gasteiger partial charge in [0.1, 0.15) is 0 Å². The number of nitrogens with one attached hydrogen (secondary N) is 1. The van der Waals surface area contributed by atoms with Crippen molar-refractivity contribution >= 4 is 5.96 Å². The summed E-state index contributed by atoms with van der Waals surface area (Å²) >= 11 is 0. The molecule has 1 unspecified atom stereocenters. The zero-order chi connectivity index (χ0) is 18.8. The first-order valence-electron chi connectivity index (χ1n) is 9.37. The van der Waals surface area contributed by atoms with Crippen molar-refractivity contribution in [3.8, 4) is 0 Å². The molecule has 1 atom stereocenters. The van der Waals surface area contributed by atoms with E-state index < -0.39 is 0 Å². The zero-order valence-electron chi connectivity index (χ0n) is 16.7. The Morgan fingerprint density at radius 1 is 1.31 bits per heavy atom. The van der Waals surface area contributed by atoms with Crippen LogP contribution in [0, 0.1) is 5.92 Å². The minimum atomic E-state index is 0.564. The second kappa shape index (κ2) is 11.2. The fraction of sp³-hybridized carbons (Fsp3) is 0.650. The van der Waals surface area contributed by atoms with E-state index in [0.717, 1.165) is 45.2 Å². The molecule has 0 aliphatic carbocycles. The van der Waals surface area contributed by atoms with Crippen LogP contribution in [0.25, 0.3) is 0 Å². The molecule has 146 valence electrons. The molecule has 0 radical (unpaired) electrons. The smallest absolute Gasteiger partial charge is 0.193 e. The largest absolute Gasteiger partial charge is 0.382 e. The van der Waals surface area contributed by atoms with Crippen molar-refractivity contribution in [3.05, 3.63) is 35.4 Å². The second-order valence-electron chi connectivity index (χ2n) is 7.13. The number of hydrogen-bond donors (Lipinski definition) is 1. The number of methoxy groups -OCH3 is 1. The second-order valence-corrected chi connectivity index (χ2v) is 7.13. The van der Waals surface area contributed by atoms with E-state index in [9.17, 15) is 0 Å². The van der Waals surface area contributed by atoms with Gasteiger partial charge in [0.05, 0.1) is 19.8 Å². The van der Waals surface area contributed by atoms with Gasteiger partial charge in [0.25, 0.3) is 0 Å². The summed E-state index contributed by atoms with van der Waals surface area (Å²) in [4.78, 5) is 8.97. The topological polar surface area (TPSA) is 49.3 Å². The number of rotatable bonds is 9. The molecule has 0 bridgehead atoms. The van der Waals surface area contributed by atoms with E-state index in [-0.39, 0.29) is 0 Å². The average molecular weight is 363 g/mol. The van der Waals surface area contributed by atoms with Gasteiger partial charge in [0.15, 0.2) is 5.96 Å². The lowest BCUT2D eigenvalue weighted by atomic mass is 10.1. The molecule has 1 aliphatic heterocycles. The van der Waals surface area contributed by atoms with Crippen LogP contribution in [0.15, 0.2) is 29.3 Å².